The Morgan fingerprint density at radius 2 is 2.00 bits per heavy atom. The topological polar surface area (TPSA) is 73.8 Å². The van der Waals surface area contributed by atoms with Crippen LogP contribution in [-0.2, 0) is 0 Å². The smallest absolute Gasteiger partial charge is 0.180 e. The quantitative estimate of drug-likeness (QED) is 0.657. The molecule has 5 heteroatoms. The molecule has 2 heterocycles. The lowest BCUT2D eigenvalue weighted by Crippen LogP contribution is -1.91. The first-order valence-corrected chi connectivity index (χ1v) is 6.02. The standard InChI is InChI=1S/C14H14N4O/c1-8-3-4-9(7-11(8)19)13-16-10-5-6-12(15-2)17-14(10)18-13/h3-7,19H,1-2H3,(H2,15,16,17,18). The number of nitrogens with zero attached hydrogens (tertiary/aromatic N) is 2. The number of anilines is 1. The number of aryl methyl sites for hydroxylation is 1. The summed E-state index contributed by atoms with van der Waals surface area (Å²) < 4.78 is 0. The van der Waals surface area contributed by atoms with Gasteiger partial charge in [-0.2, -0.15) is 0 Å². The molecule has 19 heavy (non-hydrogen) atoms. The summed E-state index contributed by atoms with van der Waals surface area (Å²) in [6.45, 7) is 1.86. The number of hydrogen-bond donors (Lipinski definition) is 3. The van der Waals surface area contributed by atoms with Crippen LogP contribution >= 0.6 is 0 Å². The minimum absolute atomic E-state index is 0.266. The van der Waals surface area contributed by atoms with Crippen LogP contribution < -0.4 is 5.32 Å². The van der Waals surface area contributed by atoms with E-state index in [1.807, 2.05) is 38.2 Å². The molecule has 3 rings (SSSR count). The lowest BCUT2D eigenvalue weighted by atomic mass is 10.1. The van der Waals surface area contributed by atoms with Gasteiger partial charge in [-0.1, -0.05) is 12.1 Å². The van der Waals surface area contributed by atoms with Gasteiger partial charge < -0.3 is 15.4 Å². The molecule has 96 valence electrons. The highest BCUT2D eigenvalue weighted by Crippen LogP contribution is 2.25. The molecule has 0 spiro atoms. The van der Waals surface area contributed by atoms with Crippen molar-refractivity contribution in [3.63, 3.8) is 0 Å². The Morgan fingerprint density at radius 1 is 1.16 bits per heavy atom. The van der Waals surface area contributed by atoms with Crippen molar-refractivity contribution >= 4 is 17.0 Å². The van der Waals surface area contributed by atoms with Crippen LogP contribution in [0.1, 0.15) is 5.56 Å². The average Bonchev–Trinajstić information content (AvgIpc) is 2.84. The van der Waals surface area contributed by atoms with Crippen LogP contribution in [0.3, 0.4) is 0 Å². The molecular formula is C14H14N4O. The van der Waals surface area contributed by atoms with Crippen molar-refractivity contribution in [2.45, 2.75) is 6.92 Å². The highest BCUT2D eigenvalue weighted by molar-refractivity contribution is 5.77. The SMILES string of the molecule is CNc1ccc2[nH]c(-c3ccc(C)c(O)c3)nc2n1. The van der Waals surface area contributed by atoms with Gasteiger partial charge in [0.2, 0.25) is 0 Å². The summed E-state index contributed by atoms with van der Waals surface area (Å²) in [5, 5.41) is 12.7. The maximum Gasteiger partial charge on any atom is 0.180 e. The van der Waals surface area contributed by atoms with Crippen LogP contribution in [0.2, 0.25) is 0 Å². The first-order chi connectivity index (χ1) is 9.17. The molecule has 0 saturated carbocycles. The highest BCUT2D eigenvalue weighted by Gasteiger charge is 2.08. The molecule has 0 bridgehead atoms. The van der Waals surface area contributed by atoms with Gasteiger partial charge in [-0.05, 0) is 30.7 Å². The molecule has 0 atom stereocenters. The number of rotatable bonds is 2. The van der Waals surface area contributed by atoms with E-state index >= 15 is 0 Å². The molecule has 1 aromatic carbocycles. The normalized spacial score (nSPS) is 10.8. The number of aromatic amines is 1. The number of phenolic OH excluding ortho intramolecular Hbond substituents is 1. The molecule has 0 saturated heterocycles. The fourth-order valence-electron chi connectivity index (χ4n) is 1.93. The van der Waals surface area contributed by atoms with E-state index in [-0.39, 0.29) is 5.75 Å². The molecule has 0 aliphatic rings. The summed E-state index contributed by atoms with van der Waals surface area (Å²) in [5.41, 5.74) is 3.21. The third-order valence-corrected chi connectivity index (χ3v) is 3.08. The van der Waals surface area contributed by atoms with E-state index in [9.17, 15) is 5.11 Å². The van der Waals surface area contributed by atoms with Crippen molar-refractivity contribution in [3.05, 3.63) is 35.9 Å². The number of fused-ring (bicyclic) bond motifs is 1. The van der Waals surface area contributed by atoms with Crippen LogP contribution in [0, 0.1) is 6.92 Å². The van der Waals surface area contributed by atoms with Crippen LogP contribution in [0.4, 0.5) is 5.82 Å². The van der Waals surface area contributed by atoms with Gasteiger partial charge in [-0.3, -0.25) is 0 Å². The zero-order valence-corrected chi connectivity index (χ0v) is 10.7. The molecule has 2 aromatic heterocycles. The van der Waals surface area contributed by atoms with Crippen LogP contribution in [0.5, 0.6) is 5.75 Å². The summed E-state index contributed by atoms with van der Waals surface area (Å²) >= 11 is 0. The van der Waals surface area contributed by atoms with Crippen molar-refractivity contribution in [1.82, 2.24) is 15.0 Å². The van der Waals surface area contributed by atoms with E-state index in [4.69, 9.17) is 0 Å². The van der Waals surface area contributed by atoms with Gasteiger partial charge >= 0.3 is 0 Å². The van der Waals surface area contributed by atoms with Crippen molar-refractivity contribution < 1.29 is 5.11 Å². The molecule has 0 fully saturated rings. The third-order valence-electron chi connectivity index (χ3n) is 3.08. The fourth-order valence-corrected chi connectivity index (χ4v) is 1.93. The van der Waals surface area contributed by atoms with E-state index in [1.54, 1.807) is 6.07 Å². The Bertz CT molecular complexity index is 748. The largest absolute Gasteiger partial charge is 0.508 e. The Balaban J connectivity index is 2.11. The Labute approximate surface area is 110 Å². The lowest BCUT2D eigenvalue weighted by molar-refractivity contribution is 0.471. The molecule has 3 N–H and O–H groups in total. The lowest BCUT2D eigenvalue weighted by Gasteiger charge is -2.00. The first-order valence-electron chi connectivity index (χ1n) is 6.02. The predicted octanol–water partition coefficient (Wildman–Crippen LogP) is 2.68. The highest BCUT2D eigenvalue weighted by atomic mass is 16.3. The second kappa shape index (κ2) is 4.28. The van der Waals surface area contributed by atoms with Gasteiger partial charge in [0.25, 0.3) is 0 Å². The molecular weight excluding hydrogens is 240 g/mol. The number of aromatic hydroxyl groups is 1. The third kappa shape index (κ3) is 1.99. The molecule has 3 aromatic rings. The van der Waals surface area contributed by atoms with Crippen molar-refractivity contribution in [3.8, 4) is 17.1 Å². The number of imidazole rings is 1. The van der Waals surface area contributed by atoms with Crippen molar-refractivity contribution in [2.75, 3.05) is 12.4 Å². The molecule has 0 unspecified atom stereocenters. The van der Waals surface area contributed by atoms with Crippen molar-refractivity contribution in [1.29, 1.82) is 0 Å². The number of nitrogens with one attached hydrogen (secondary N) is 2. The number of aromatic nitrogens is 3. The summed E-state index contributed by atoms with van der Waals surface area (Å²) in [6, 6.07) is 9.30. The zero-order chi connectivity index (χ0) is 13.4. The second-order valence-electron chi connectivity index (χ2n) is 4.40. The van der Waals surface area contributed by atoms with Crippen LogP contribution in [0.15, 0.2) is 30.3 Å². The van der Waals surface area contributed by atoms with Crippen LogP contribution in [0.25, 0.3) is 22.6 Å². The predicted molar refractivity (Wildman–Crippen MR) is 75.3 cm³/mol. The van der Waals surface area contributed by atoms with Gasteiger partial charge in [-0.15, -0.1) is 0 Å². The number of benzene rings is 1. The summed E-state index contributed by atoms with van der Waals surface area (Å²) in [4.78, 5) is 12.0. The summed E-state index contributed by atoms with van der Waals surface area (Å²) in [5.74, 6) is 1.74. The second-order valence-corrected chi connectivity index (χ2v) is 4.40. The van der Waals surface area contributed by atoms with E-state index in [0.29, 0.717) is 11.5 Å². The van der Waals surface area contributed by atoms with Crippen molar-refractivity contribution in [2.24, 2.45) is 0 Å². The van der Waals surface area contributed by atoms with E-state index in [0.717, 1.165) is 22.5 Å². The van der Waals surface area contributed by atoms with Crippen LogP contribution in [-0.4, -0.2) is 27.1 Å². The minimum atomic E-state index is 0.266. The summed E-state index contributed by atoms with van der Waals surface area (Å²) in [7, 11) is 1.82. The molecule has 5 nitrogen and oxygen atoms in total. The Hall–Kier alpha value is -2.56. The zero-order valence-electron chi connectivity index (χ0n) is 10.7. The van der Waals surface area contributed by atoms with Gasteiger partial charge in [-0.25, -0.2) is 9.97 Å². The van der Waals surface area contributed by atoms with Gasteiger partial charge in [0.1, 0.15) is 17.4 Å². The molecule has 0 aliphatic heterocycles. The monoisotopic (exact) mass is 254 g/mol. The fraction of sp³-hybridized carbons (Fsp3) is 0.143. The minimum Gasteiger partial charge on any atom is -0.508 e. The number of hydrogen-bond acceptors (Lipinski definition) is 4. The molecule has 0 radical (unpaired) electrons. The van der Waals surface area contributed by atoms with Gasteiger partial charge in [0.05, 0.1) is 5.52 Å². The number of pyridine rings is 1. The average molecular weight is 254 g/mol. The Kier molecular flexibility index (Phi) is 2.59. The molecule has 0 aliphatic carbocycles. The van der Waals surface area contributed by atoms with E-state index in [1.165, 1.54) is 0 Å². The van der Waals surface area contributed by atoms with Gasteiger partial charge in [0.15, 0.2) is 5.65 Å². The van der Waals surface area contributed by atoms with E-state index < -0.39 is 0 Å². The van der Waals surface area contributed by atoms with Gasteiger partial charge in [0, 0.05) is 12.6 Å². The Morgan fingerprint density at radius 3 is 2.74 bits per heavy atom. The maximum absolute atomic E-state index is 9.75. The first kappa shape index (κ1) is 11.5. The number of H-pyrrole nitrogens is 1. The summed E-state index contributed by atoms with van der Waals surface area (Å²) in [6.07, 6.45) is 0. The van der Waals surface area contributed by atoms with E-state index in [2.05, 4.69) is 20.3 Å². The molecule has 0 amide bonds. The number of phenols is 1. The maximum atomic E-state index is 9.75.